The Morgan fingerprint density at radius 2 is 1.78 bits per heavy atom. The van der Waals surface area contributed by atoms with E-state index in [1.165, 1.54) is 4.90 Å². The predicted molar refractivity (Wildman–Crippen MR) is 98.4 cm³/mol. The summed E-state index contributed by atoms with van der Waals surface area (Å²) in [5, 5.41) is 0. The largest absolute Gasteiger partial charge is 0.494 e. The number of thioether (sulfide) groups is 1. The van der Waals surface area contributed by atoms with Gasteiger partial charge in [0.15, 0.2) is 5.78 Å². The Kier molecular flexibility index (Phi) is 6.95. The van der Waals surface area contributed by atoms with Crippen LogP contribution in [0.5, 0.6) is 5.75 Å². The van der Waals surface area contributed by atoms with E-state index in [0.29, 0.717) is 5.56 Å². The third kappa shape index (κ3) is 5.61. The number of benzene rings is 2. The van der Waals surface area contributed by atoms with Crippen molar-refractivity contribution in [2.75, 3.05) is 12.9 Å². The maximum atomic E-state index is 12.2. The van der Waals surface area contributed by atoms with Crippen LogP contribution in [0.15, 0.2) is 59.5 Å². The number of ketones is 1. The predicted octanol–water partition coefficient (Wildman–Crippen LogP) is 5.48. The van der Waals surface area contributed by atoms with Crippen molar-refractivity contribution >= 4 is 23.6 Å². The van der Waals surface area contributed by atoms with Gasteiger partial charge in [0.25, 0.3) is 0 Å². The maximum absolute atomic E-state index is 12.2. The molecular weight excluding hydrogens is 304 g/mol. The van der Waals surface area contributed by atoms with Gasteiger partial charge in [-0.15, -0.1) is 11.8 Å². The highest BCUT2D eigenvalue weighted by Gasteiger charge is 2.02. The molecule has 120 valence electrons. The number of carbonyl (C=O) groups is 1. The Morgan fingerprint density at radius 1 is 1.09 bits per heavy atom. The number of unbranched alkanes of at least 4 members (excludes halogenated alkanes) is 1. The molecule has 23 heavy (non-hydrogen) atoms. The summed E-state index contributed by atoms with van der Waals surface area (Å²) in [7, 11) is 0. The minimum Gasteiger partial charge on any atom is -0.494 e. The van der Waals surface area contributed by atoms with Crippen LogP contribution >= 0.6 is 11.8 Å². The summed E-state index contributed by atoms with van der Waals surface area (Å²) in [4.78, 5) is 13.4. The minimum atomic E-state index is -0.000878. The third-order valence-corrected chi connectivity index (χ3v) is 4.19. The Bertz CT molecular complexity index is 642. The lowest BCUT2D eigenvalue weighted by Crippen LogP contribution is -1.98. The molecule has 0 atom stereocenters. The van der Waals surface area contributed by atoms with Gasteiger partial charge in [0, 0.05) is 10.5 Å². The van der Waals surface area contributed by atoms with Crippen LogP contribution in [-0.2, 0) is 0 Å². The average Bonchev–Trinajstić information content (AvgIpc) is 2.61. The van der Waals surface area contributed by atoms with Gasteiger partial charge in [-0.3, -0.25) is 4.79 Å². The Balaban J connectivity index is 1.95. The second kappa shape index (κ2) is 9.21. The van der Waals surface area contributed by atoms with E-state index in [-0.39, 0.29) is 5.78 Å². The highest BCUT2D eigenvalue weighted by molar-refractivity contribution is 7.98. The molecule has 0 aliphatic heterocycles. The van der Waals surface area contributed by atoms with Gasteiger partial charge in [-0.2, -0.15) is 0 Å². The molecule has 0 N–H and O–H groups in total. The number of ether oxygens (including phenoxy) is 1. The van der Waals surface area contributed by atoms with Crippen LogP contribution in [0.2, 0.25) is 0 Å². The molecule has 0 saturated heterocycles. The lowest BCUT2D eigenvalue weighted by molar-refractivity contribution is 0.104. The van der Waals surface area contributed by atoms with E-state index in [9.17, 15) is 4.79 Å². The molecule has 0 aliphatic rings. The van der Waals surface area contributed by atoms with Crippen molar-refractivity contribution in [3.05, 3.63) is 65.7 Å². The Hall–Kier alpha value is -2.00. The fourth-order valence-electron chi connectivity index (χ4n) is 2.03. The van der Waals surface area contributed by atoms with E-state index < -0.39 is 0 Å². The van der Waals surface area contributed by atoms with E-state index in [0.717, 1.165) is 30.8 Å². The third-order valence-electron chi connectivity index (χ3n) is 3.45. The molecule has 0 bridgehead atoms. The van der Waals surface area contributed by atoms with Gasteiger partial charge >= 0.3 is 0 Å². The molecular formula is C20H22O2S. The number of rotatable bonds is 8. The van der Waals surface area contributed by atoms with Gasteiger partial charge in [0.1, 0.15) is 5.75 Å². The van der Waals surface area contributed by atoms with Crippen LogP contribution in [0.25, 0.3) is 6.08 Å². The van der Waals surface area contributed by atoms with E-state index in [4.69, 9.17) is 4.74 Å². The number of hydrogen-bond acceptors (Lipinski definition) is 3. The monoisotopic (exact) mass is 326 g/mol. The van der Waals surface area contributed by atoms with Crippen LogP contribution in [-0.4, -0.2) is 18.6 Å². The van der Waals surface area contributed by atoms with Crippen LogP contribution in [0.3, 0.4) is 0 Å². The van der Waals surface area contributed by atoms with Gasteiger partial charge in [-0.05, 0) is 60.7 Å². The molecule has 0 unspecified atom stereocenters. The van der Waals surface area contributed by atoms with Gasteiger partial charge in [0.05, 0.1) is 6.61 Å². The molecule has 0 aliphatic carbocycles. The maximum Gasteiger partial charge on any atom is 0.185 e. The minimum absolute atomic E-state index is 0.000878. The molecule has 0 saturated carbocycles. The number of carbonyl (C=O) groups excluding carboxylic acids is 1. The summed E-state index contributed by atoms with van der Waals surface area (Å²) < 4.78 is 5.60. The molecule has 2 nitrogen and oxygen atoms in total. The summed E-state index contributed by atoms with van der Waals surface area (Å²) in [6.45, 7) is 2.85. The van der Waals surface area contributed by atoms with E-state index in [1.54, 1.807) is 17.8 Å². The summed E-state index contributed by atoms with van der Waals surface area (Å²) in [5.74, 6) is 0.811. The van der Waals surface area contributed by atoms with Crippen molar-refractivity contribution < 1.29 is 9.53 Å². The molecule has 2 rings (SSSR count). The summed E-state index contributed by atoms with van der Waals surface area (Å²) in [6, 6.07) is 15.5. The van der Waals surface area contributed by atoms with Crippen LogP contribution in [0.4, 0.5) is 0 Å². The van der Waals surface area contributed by atoms with E-state index >= 15 is 0 Å². The molecule has 0 spiro atoms. The smallest absolute Gasteiger partial charge is 0.185 e. The molecule has 0 fully saturated rings. The first-order valence-electron chi connectivity index (χ1n) is 7.82. The fourth-order valence-corrected chi connectivity index (χ4v) is 2.44. The molecule has 0 heterocycles. The Labute approximate surface area is 142 Å². The summed E-state index contributed by atoms with van der Waals surface area (Å²) in [5.41, 5.74) is 1.69. The highest BCUT2D eigenvalue weighted by Crippen LogP contribution is 2.16. The van der Waals surface area contributed by atoms with E-state index in [1.807, 2.05) is 48.7 Å². The van der Waals surface area contributed by atoms with Gasteiger partial charge in [-0.1, -0.05) is 31.6 Å². The van der Waals surface area contributed by atoms with Crippen molar-refractivity contribution in [3.8, 4) is 5.75 Å². The fraction of sp³-hybridized carbons (Fsp3) is 0.250. The average molecular weight is 326 g/mol. The molecule has 3 heteroatoms. The van der Waals surface area contributed by atoms with E-state index in [2.05, 4.69) is 19.1 Å². The van der Waals surface area contributed by atoms with Gasteiger partial charge in [-0.25, -0.2) is 0 Å². The van der Waals surface area contributed by atoms with Gasteiger partial charge < -0.3 is 4.74 Å². The zero-order chi connectivity index (χ0) is 16.5. The van der Waals surface area contributed by atoms with Crippen molar-refractivity contribution in [2.45, 2.75) is 24.7 Å². The second-order valence-electron chi connectivity index (χ2n) is 5.20. The van der Waals surface area contributed by atoms with Crippen molar-refractivity contribution in [1.29, 1.82) is 0 Å². The molecule has 0 amide bonds. The summed E-state index contributed by atoms with van der Waals surface area (Å²) in [6.07, 6.45) is 7.65. The van der Waals surface area contributed by atoms with Crippen LogP contribution in [0.1, 0.15) is 35.7 Å². The lowest BCUT2D eigenvalue weighted by Gasteiger charge is -2.05. The van der Waals surface area contributed by atoms with Crippen LogP contribution in [0, 0.1) is 0 Å². The van der Waals surface area contributed by atoms with Gasteiger partial charge in [0.2, 0.25) is 0 Å². The van der Waals surface area contributed by atoms with Crippen LogP contribution < -0.4 is 4.74 Å². The standard InChI is InChI=1S/C20H22O2S/c1-3-4-15-22-18-10-8-17(9-11-18)20(21)14-7-16-5-12-19(23-2)13-6-16/h5-14H,3-4,15H2,1-2H3. The topological polar surface area (TPSA) is 26.3 Å². The SMILES string of the molecule is CCCCOc1ccc(C(=O)C=Cc2ccc(SC)cc2)cc1. The summed E-state index contributed by atoms with van der Waals surface area (Å²) >= 11 is 1.70. The zero-order valence-electron chi connectivity index (χ0n) is 13.6. The highest BCUT2D eigenvalue weighted by atomic mass is 32.2. The quantitative estimate of drug-likeness (QED) is 0.278. The molecule has 2 aromatic rings. The molecule has 0 aromatic heterocycles. The lowest BCUT2D eigenvalue weighted by atomic mass is 10.1. The second-order valence-corrected chi connectivity index (χ2v) is 6.08. The van der Waals surface area contributed by atoms with Crippen molar-refractivity contribution in [2.24, 2.45) is 0 Å². The van der Waals surface area contributed by atoms with Crippen molar-refractivity contribution in [1.82, 2.24) is 0 Å². The molecule has 2 aromatic carbocycles. The Morgan fingerprint density at radius 3 is 2.39 bits per heavy atom. The molecule has 0 radical (unpaired) electrons. The normalized spacial score (nSPS) is 10.9. The first-order chi connectivity index (χ1) is 11.2. The first-order valence-corrected chi connectivity index (χ1v) is 9.04. The zero-order valence-corrected chi connectivity index (χ0v) is 14.4. The van der Waals surface area contributed by atoms with Crippen molar-refractivity contribution in [3.63, 3.8) is 0 Å². The number of allylic oxidation sites excluding steroid dienone is 1. The number of hydrogen-bond donors (Lipinski definition) is 0. The first kappa shape index (κ1) is 17.4.